The Morgan fingerprint density at radius 1 is 1.22 bits per heavy atom. The number of carboxylic acid groups (broad SMARTS) is 1. The van der Waals surface area contributed by atoms with E-state index in [2.05, 4.69) is 4.98 Å². The van der Waals surface area contributed by atoms with E-state index in [1.807, 2.05) is 0 Å². The molecule has 2 heterocycles. The van der Waals surface area contributed by atoms with E-state index in [0.717, 1.165) is 9.88 Å². The third-order valence-electron chi connectivity index (χ3n) is 6.63. The van der Waals surface area contributed by atoms with E-state index >= 15 is 0 Å². The first-order chi connectivity index (χ1) is 19.2. The van der Waals surface area contributed by atoms with Crippen molar-refractivity contribution in [3.8, 4) is 11.6 Å². The van der Waals surface area contributed by atoms with E-state index in [9.17, 15) is 35.2 Å². The lowest BCUT2D eigenvalue weighted by atomic mass is 9.90. The highest BCUT2D eigenvalue weighted by Crippen LogP contribution is 2.42. The third-order valence-corrected chi connectivity index (χ3v) is 8.41. The van der Waals surface area contributed by atoms with Gasteiger partial charge in [-0.3, -0.25) is 9.10 Å². The standard InChI is InChI=1S/C26H27F5N2O7S/c27-25(28)7-5-16(6-8-25)11-17-1-3-21-20(12-17)33(15-19(40-21)2-4-23(35)36)41(37,38)22-13-18(26(29,30)31)14-32-24(22)39-10-9-34/h1,3,11-14,19,34H,2,4-10,15H2,(H,35,36)/t19-/m0/s1. The summed E-state index contributed by atoms with van der Waals surface area (Å²) in [7, 11) is -4.84. The van der Waals surface area contributed by atoms with Crippen LogP contribution in [-0.2, 0) is 21.0 Å². The molecule has 224 valence electrons. The van der Waals surface area contributed by atoms with E-state index in [4.69, 9.17) is 19.7 Å². The SMILES string of the molecule is O=C(O)CC[C@H]1CN(S(=O)(=O)c2cc(C(F)(F)F)cnc2OCCO)c2cc(C=C3CCC(F)(F)CC3)ccc2O1. The second kappa shape index (κ2) is 11.8. The zero-order valence-electron chi connectivity index (χ0n) is 21.5. The van der Waals surface area contributed by atoms with Gasteiger partial charge in [0.2, 0.25) is 11.8 Å². The van der Waals surface area contributed by atoms with Gasteiger partial charge >= 0.3 is 12.1 Å². The van der Waals surface area contributed by atoms with Gasteiger partial charge in [-0.1, -0.05) is 17.7 Å². The number of hydrogen-bond donors (Lipinski definition) is 2. The Balaban J connectivity index is 1.79. The highest BCUT2D eigenvalue weighted by molar-refractivity contribution is 7.93. The minimum absolute atomic E-state index is 0.0327. The number of halogens is 5. The maximum absolute atomic E-state index is 14.0. The molecule has 1 aliphatic carbocycles. The average molecular weight is 607 g/mol. The summed E-state index contributed by atoms with van der Waals surface area (Å²) < 4.78 is 108. The van der Waals surface area contributed by atoms with Gasteiger partial charge in [0.1, 0.15) is 18.5 Å². The molecule has 2 aliphatic rings. The molecular formula is C26H27F5N2O7S. The van der Waals surface area contributed by atoms with Crippen LogP contribution in [0.15, 0.2) is 40.9 Å². The number of pyridine rings is 1. The van der Waals surface area contributed by atoms with E-state index in [-0.39, 0.29) is 50.0 Å². The number of sulfonamides is 1. The van der Waals surface area contributed by atoms with Crippen molar-refractivity contribution < 1.29 is 54.9 Å². The molecule has 0 radical (unpaired) electrons. The number of hydrogen-bond acceptors (Lipinski definition) is 7. The van der Waals surface area contributed by atoms with Crippen molar-refractivity contribution in [2.45, 2.75) is 61.6 Å². The van der Waals surface area contributed by atoms with Crippen molar-refractivity contribution in [2.75, 3.05) is 24.1 Å². The van der Waals surface area contributed by atoms with E-state index in [1.54, 1.807) is 12.1 Å². The summed E-state index contributed by atoms with van der Waals surface area (Å²) >= 11 is 0. The summed E-state index contributed by atoms with van der Waals surface area (Å²) in [6, 6.07) is 4.80. The molecule has 2 aromatic rings. The Kier molecular flexibility index (Phi) is 8.78. The summed E-state index contributed by atoms with van der Waals surface area (Å²) in [6.45, 7) is -1.45. The first kappa shape index (κ1) is 30.5. The molecule has 1 aliphatic heterocycles. The van der Waals surface area contributed by atoms with Crippen molar-refractivity contribution in [3.63, 3.8) is 0 Å². The Labute approximate surface area is 232 Å². The Morgan fingerprint density at radius 2 is 1.93 bits per heavy atom. The molecule has 1 saturated carbocycles. The number of fused-ring (bicyclic) bond motifs is 1. The zero-order valence-corrected chi connectivity index (χ0v) is 22.4. The van der Waals surface area contributed by atoms with Crippen molar-refractivity contribution in [2.24, 2.45) is 0 Å². The van der Waals surface area contributed by atoms with Gasteiger partial charge in [0.15, 0.2) is 4.90 Å². The fraction of sp³-hybridized carbons (Fsp3) is 0.462. The van der Waals surface area contributed by atoms with Gasteiger partial charge in [-0.25, -0.2) is 22.2 Å². The fourth-order valence-corrected chi connectivity index (χ4v) is 6.15. The molecule has 9 nitrogen and oxygen atoms in total. The van der Waals surface area contributed by atoms with Gasteiger partial charge in [-0.2, -0.15) is 13.2 Å². The number of carbonyl (C=O) groups is 1. The van der Waals surface area contributed by atoms with Crippen LogP contribution in [0.5, 0.6) is 11.6 Å². The van der Waals surface area contributed by atoms with Crippen LogP contribution in [0.3, 0.4) is 0 Å². The first-order valence-corrected chi connectivity index (χ1v) is 14.1. The summed E-state index contributed by atoms with van der Waals surface area (Å²) in [5.74, 6) is -4.55. The number of rotatable bonds is 9. The van der Waals surface area contributed by atoms with Crippen molar-refractivity contribution in [1.29, 1.82) is 0 Å². The number of alkyl halides is 5. The van der Waals surface area contributed by atoms with Gasteiger partial charge in [-0.05, 0) is 43.0 Å². The van der Waals surface area contributed by atoms with Crippen molar-refractivity contribution >= 4 is 27.8 Å². The van der Waals surface area contributed by atoms with Crippen LogP contribution in [0.2, 0.25) is 0 Å². The summed E-state index contributed by atoms with van der Waals surface area (Å²) in [5, 5.41) is 18.2. The number of aromatic nitrogens is 1. The Bertz CT molecular complexity index is 1420. The maximum Gasteiger partial charge on any atom is 0.417 e. The minimum atomic E-state index is -4.93. The molecule has 2 N–H and O–H groups in total. The Hall–Kier alpha value is -3.46. The summed E-state index contributed by atoms with van der Waals surface area (Å²) in [4.78, 5) is 13.8. The monoisotopic (exact) mass is 606 g/mol. The van der Waals surface area contributed by atoms with E-state index in [1.165, 1.54) is 12.1 Å². The highest BCUT2D eigenvalue weighted by atomic mass is 32.2. The second-order valence-electron chi connectivity index (χ2n) is 9.69. The van der Waals surface area contributed by atoms with Crippen molar-refractivity contribution in [1.82, 2.24) is 4.98 Å². The number of aliphatic carboxylic acids is 1. The van der Waals surface area contributed by atoms with Crippen LogP contribution in [0.1, 0.15) is 49.7 Å². The molecule has 1 aromatic carbocycles. The van der Waals surface area contributed by atoms with E-state index < -0.39 is 70.3 Å². The predicted octanol–water partition coefficient (Wildman–Crippen LogP) is 4.89. The molecule has 1 fully saturated rings. The maximum atomic E-state index is 14.0. The molecule has 0 spiro atoms. The molecular weight excluding hydrogens is 579 g/mol. The molecule has 0 bridgehead atoms. The van der Waals surface area contributed by atoms with Crippen molar-refractivity contribution in [3.05, 3.63) is 47.2 Å². The first-order valence-electron chi connectivity index (χ1n) is 12.6. The number of benzene rings is 1. The number of carboxylic acids is 1. The fourth-order valence-electron chi connectivity index (χ4n) is 4.54. The zero-order chi connectivity index (χ0) is 30.0. The number of aliphatic hydroxyl groups excluding tert-OH is 1. The lowest BCUT2D eigenvalue weighted by Gasteiger charge is -2.36. The number of anilines is 1. The molecule has 0 unspecified atom stereocenters. The molecule has 0 amide bonds. The van der Waals surface area contributed by atoms with Gasteiger partial charge in [0, 0.05) is 25.5 Å². The molecule has 1 atom stereocenters. The van der Waals surface area contributed by atoms with Crippen LogP contribution in [0.25, 0.3) is 6.08 Å². The van der Waals surface area contributed by atoms with Crippen LogP contribution in [-0.4, -0.2) is 61.4 Å². The molecule has 4 rings (SSSR count). The largest absolute Gasteiger partial charge is 0.486 e. The highest BCUT2D eigenvalue weighted by Gasteiger charge is 2.40. The quantitative estimate of drug-likeness (QED) is 0.387. The second-order valence-corrected chi connectivity index (χ2v) is 11.5. The summed E-state index contributed by atoms with van der Waals surface area (Å²) in [5.41, 5.74) is -0.215. The Morgan fingerprint density at radius 3 is 2.56 bits per heavy atom. The molecule has 41 heavy (non-hydrogen) atoms. The smallest absolute Gasteiger partial charge is 0.417 e. The minimum Gasteiger partial charge on any atom is -0.486 e. The predicted molar refractivity (Wildman–Crippen MR) is 135 cm³/mol. The van der Waals surface area contributed by atoms with Crippen LogP contribution >= 0.6 is 0 Å². The van der Waals surface area contributed by atoms with Gasteiger partial charge < -0.3 is 19.7 Å². The molecule has 1 aromatic heterocycles. The average Bonchev–Trinajstić information content (AvgIpc) is 2.90. The lowest BCUT2D eigenvalue weighted by molar-refractivity contribution is -0.138. The van der Waals surface area contributed by atoms with Crippen LogP contribution < -0.4 is 13.8 Å². The van der Waals surface area contributed by atoms with Crippen LogP contribution in [0.4, 0.5) is 27.6 Å². The van der Waals surface area contributed by atoms with Gasteiger partial charge in [0.05, 0.1) is 24.4 Å². The summed E-state index contributed by atoms with van der Waals surface area (Å²) in [6.07, 6.45) is -4.66. The number of ether oxygens (including phenoxy) is 2. The molecule has 0 saturated heterocycles. The normalized spacial score (nSPS) is 18.8. The molecule has 15 heteroatoms. The van der Waals surface area contributed by atoms with Gasteiger partial charge in [-0.15, -0.1) is 0 Å². The van der Waals surface area contributed by atoms with Crippen LogP contribution in [0, 0.1) is 0 Å². The number of nitrogens with zero attached hydrogens (tertiary/aromatic N) is 2. The number of aliphatic hydroxyl groups is 1. The van der Waals surface area contributed by atoms with Gasteiger partial charge in [0.25, 0.3) is 10.0 Å². The third kappa shape index (κ3) is 7.25. The number of allylic oxidation sites excluding steroid dienone is 1. The lowest BCUT2D eigenvalue weighted by Crippen LogP contribution is -2.44. The topological polar surface area (TPSA) is 126 Å². The van der Waals surface area contributed by atoms with E-state index in [0.29, 0.717) is 17.8 Å².